The Morgan fingerprint density at radius 1 is 0.862 bits per heavy atom. The summed E-state index contributed by atoms with van der Waals surface area (Å²) in [6.07, 6.45) is 1.48. The molecule has 0 aliphatic rings. The molecule has 0 bridgehead atoms. The third-order valence-corrected chi connectivity index (χ3v) is 4.32. The second-order valence-corrected chi connectivity index (χ2v) is 7.62. The fourth-order valence-electron chi connectivity index (χ4n) is 2.34. The van der Waals surface area contributed by atoms with Crippen LogP contribution in [0, 0.1) is 11.8 Å². The van der Waals surface area contributed by atoms with Crippen molar-refractivity contribution in [2.75, 3.05) is 0 Å². The zero-order valence-corrected chi connectivity index (χ0v) is 18.2. The van der Waals surface area contributed by atoms with E-state index in [1.165, 1.54) is 6.07 Å². The monoisotopic (exact) mass is 407 g/mol. The molecule has 0 aliphatic heterocycles. The molecular weight excluding hydrogens is 374 g/mol. The largest absolute Gasteiger partial charge is 0.461 e. The highest BCUT2D eigenvalue weighted by Gasteiger charge is 2.22. The van der Waals surface area contributed by atoms with Crippen molar-refractivity contribution in [1.29, 1.82) is 0 Å². The smallest absolute Gasteiger partial charge is 0.323 e. The summed E-state index contributed by atoms with van der Waals surface area (Å²) < 4.78 is 16.1. The molecular formula is C22H33NO6. The summed E-state index contributed by atoms with van der Waals surface area (Å²) in [5.41, 5.74) is 6.66. The van der Waals surface area contributed by atoms with Gasteiger partial charge in [0.05, 0.1) is 11.8 Å². The highest BCUT2D eigenvalue weighted by atomic mass is 16.6. The highest BCUT2D eigenvalue weighted by Crippen LogP contribution is 2.30. The van der Waals surface area contributed by atoms with Crippen molar-refractivity contribution in [1.82, 2.24) is 0 Å². The van der Waals surface area contributed by atoms with Crippen LogP contribution in [-0.2, 0) is 25.5 Å². The Bertz CT molecular complexity index is 709. The Balaban J connectivity index is 3.02. The standard InChI is InChI=1S/C22H33NO6/c1-7-16(8-2)27-22(26)17(23)11-15-9-10-18(28-20(24)13(3)4)19(12-15)29-21(25)14(5)6/h9-10,12-14,16-17H,7-8,11,23H2,1-6H3. The number of benzene rings is 1. The zero-order chi connectivity index (χ0) is 22.1. The van der Waals surface area contributed by atoms with Crippen molar-refractivity contribution in [3.05, 3.63) is 23.8 Å². The lowest BCUT2D eigenvalue weighted by molar-refractivity contribution is -0.151. The van der Waals surface area contributed by atoms with Crippen LogP contribution in [0.1, 0.15) is 59.9 Å². The second kappa shape index (κ2) is 11.6. The lowest BCUT2D eigenvalue weighted by Crippen LogP contribution is -2.36. The van der Waals surface area contributed by atoms with Crippen LogP contribution < -0.4 is 15.2 Å². The Morgan fingerprint density at radius 2 is 1.38 bits per heavy atom. The van der Waals surface area contributed by atoms with E-state index in [-0.39, 0.29) is 35.9 Å². The van der Waals surface area contributed by atoms with Gasteiger partial charge in [-0.05, 0) is 37.0 Å². The lowest BCUT2D eigenvalue weighted by atomic mass is 10.1. The maximum absolute atomic E-state index is 12.2. The van der Waals surface area contributed by atoms with E-state index in [2.05, 4.69) is 0 Å². The van der Waals surface area contributed by atoms with Crippen LogP contribution in [0.15, 0.2) is 18.2 Å². The average Bonchev–Trinajstić information content (AvgIpc) is 2.67. The van der Waals surface area contributed by atoms with Gasteiger partial charge in [0, 0.05) is 0 Å². The number of esters is 3. The van der Waals surface area contributed by atoms with Crippen LogP contribution in [-0.4, -0.2) is 30.1 Å². The van der Waals surface area contributed by atoms with Crippen molar-refractivity contribution < 1.29 is 28.6 Å². The molecule has 1 unspecified atom stereocenters. The fourth-order valence-corrected chi connectivity index (χ4v) is 2.34. The predicted octanol–water partition coefficient (Wildman–Crippen LogP) is 3.41. The van der Waals surface area contributed by atoms with Crippen molar-refractivity contribution >= 4 is 17.9 Å². The maximum Gasteiger partial charge on any atom is 0.323 e. The van der Waals surface area contributed by atoms with Crippen LogP contribution in [0.3, 0.4) is 0 Å². The van der Waals surface area contributed by atoms with Crippen LogP contribution in [0.4, 0.5) is 0 Å². The number of carbonyl (C=O) groups is 3. The number of carbonyl (C=O) groups excluding carboxylic acids is 3. The van der Waals surface area contributed by atoms with Gasteiger partial charge < -0.3 is 19.9 Å². The molecule has 162 valence electrons. The third-order valence-electron chi connectivity index (χ3n) is 4.32. The van der Waals surface area contributed by atoms with E-state index in [1.807, 2.05) is 13.8 Å². The first-order valence-corrected chi connectivity index (χ1v) is 10.1. The first kappa shape index (κ1) is 24.6. The van der Waals surface area contributed by atoms with Gasteiger partial charge in [-0.2, -0.15) is 0 Å². The number of ether oxygens (including phenoxy) is 3. The molecule has 7 heteroatoms. The molecule has 0 saturated heterocycles. The van der Waals surface area contributed by atoms with E-state index >= 15 is 0 Å². The third kappa shape index (κ3) is 7.85. The summed E-state index contributed by atoms with van der Waals surface area (Å²) in [6, 6.07) is 3.93. The summed E-state index contributed by atoms with van der Waals surface area (Å²) in [6.45, 7) is 10.7. The van der Waals surface area contributed by atoms with E-state index in [0.717, 1.165) is 12.8 Å². The van der Waals surface area contributed by atoms with Gasteiger partial charge in [-0.25, -0.2) is 0 Å². The Hall–Kier alpha value is -2.41. The van der Waals surface area contributed by atoms with Crippen molar-refractivity contribution in [2.45, 2.75) is 73.0 Å². The first-order chi connectivity index (χ1) is 13.6. The molecule has 0 spiro atoms. The molecule has 0 radical (unpaired) electrons. The van der Waals surface area contributed by atoms with Crippen LogP contribution in [0.2, 0.25) is 0 Å². The molecule has 1 aromatic rings. The maximum atomic E-state index is 12.2. The van der Waals surface area contributed by atoms with Crippen molar-refractivity contribution in [3.63, 3.8) is 0 Å². The van der Waals surface area contributed by atoms with Crippen molar-refractivity contribution in [2.24, 2.45) is 17.6 Å². The predicted molar refractivity (Wildman–Crippen MR) is 110 cm³/mol. The molecule has 0 aliphatic carbocycles. The molecule has 1 rings (SSSR count). The van der Waals surface area contributed by atoms with E-state index in [4.69, 9.17) is 19.9 Å². The van der Waals surface area contributed by atoms with Gasteiger partial charge in [0.1, 0.15) is 12.1 Å². The zero-order valence-electron chi connectivity index (χ0n) is 18.2. The van der Waals surface area contributed by atoms with Crippen LogP contribution in [0.25, 0.3) is 0 Å². The Kier molecular flexibility index (Phi) is 9.81. The van der Waals surface area contributed by atoms with Gasteiger partial charge in [-0.1, -0.05) is 47.6 Å². The van der Waals surface area contributed by atoms with E-state index in [0.29, 0.717) is 5.56 Å². The Labute approximate surface area is 172 Å². The quantitative estimate of drug-likeness (QED) is 0.468. The van der Waals surface area contributed by atoms with E-state index < -0.39 is 23.9 Å². The van der Waals surface area contributed by atoms with Crippen LogP contribution >= 0.6 is 0 Å². The van der Waals surface area contributed by atoms with Crippen molar-refractivity contribution in [3.8, 4) is 11.5 Å². The molecule has 0 fully saturated rings. The summed E-state index contributed by atoms with van der Waals surface area (Å²) in [4.78, 5) is 36.2. The minimum absolute atomic E-state index is 0.121. The molecule has 0 aromatic heterocycles. The molecule has 0 saturated carbocycles. The number of nitrogens with two attached hydrogens (primary N) is 1. The highest BCUT2D eigenvalue weighted by molar-refractivity contribution is 5.78. The number of hydrogen-bond acceptors (Lipinski definition) is 7. The first-order valence-electron chi connectivity index (χ1n) is 10.1. The topological polar surface area (TPSA) is 105 Å². The summed E-state index contributed by atoms with van der Waals surface area (Å²) in [5, 5.41) is 0. The second-order valence-electron chi connectivity index (χ2n) is 7.62. The molecule has 29 heavy (non-hydrogen) atoms. The number of hydrogen-bond donors (Lipinski definition) is 1. The molecule has 2 N–H and O–H groups in total. The SMILES string of the molecule is CCC(CC)OC(=O)C(N)Cc1ccc(OC(=O)C(C)C)c(OC(=O)C(C)C)c1. The molecule has 0 amide bonds. The van der Waals surface area contributed by atoms with Crippen LogP contribution in [0.5, 0.6) is 11.5 Å². The van der Waals surface area contributed by atoms with Gasteiger partial charge >= 0.3 is 17.9 Å². The molecule has 1 atom stereocenters. The minimum atomic E-state index is -0.853. The van der Waals surface area contributed by atoms with Gasteiger partial charge in [0.15, 0.2) is 11.5 Å². The van der Waals surface area contributed by atoms with E-state index in [9.17, 15) is 14.4 Å². The molecule has 7 nitrogen and oxygen atoms in total. The van der Waals surface area contributed by atoms with Gasteiger partial charge in [0.2, 0.25) is 0 Å². The van der Waals surface area contributed by atoms with Gasteiger partial charge in [0.25, 0.3) is 0 Å². The average molecular weight is 408 g/mol. The van der Waals surface area contributed by atoms with Gasteiger partial charge in [-0.15, -0.1) is 0 Å². The number of rotatable bonds is 10. The lowest BCUT2D eigenvalue weighted by Gasteiger charge is -2.18. The Morgan fingerprint density at radius 3 is 1.86 bits per heavy atom. The van der Waals surface area contributed by atoms with Gasteiger partial charge in [-0.3, -0.25) is 14.4 Å². The van der Waals surface area contributed by atoms with E-state index in [1.54, 1.807) is 39.8 Å². The minimum Gasteiger partial charge on any atom is -0.461 e. The summed E-state index contributed by atoms with van der Waals surface area (Å²) >= 11 is 0. The summed E-state index contributed by atoms with van der Waals surface area (Å²) in [7, 11) is 0. The molecule has 1 aromatic carbocycles. The normalized spacial score (nSPS) is 12.2. The fraction of sp³-hybridized carbons (Fsp3) is 0.591. The summed E-state index contributed by atoms with van der Waals surface area (Å²) in [5.74, 6) is -1.80. The molecule has 0 heterocycles.